The van der Waals surface area contributed by atoms with Crippen LogP contribution in [0.5, 0.6) is 5.75 Å². The molecule has 0 amide bonds. The van der Waals surface area contributed by atoms with Gasteiger partial charge in [-0.05, 0) is 36.2 Å². The molecule has 2 rings (SSSR count). The van der Waals surface area contributed by atoms with Gasteiger partial charge in [0, 0.05) is 10.6 Å². The zero-order valence-corrected chi connectivity index (χ0v) is 11.9. The molecule has 0 saturated carbocycles. The molecule has 0 aliphatic carbocycles. The number of benzene rings is 2. The zero-order valence-electron chi connectivity index (χ0n) is 10.4. The third kappa shape index (κ3) is 3.40. The first-order valence-corrected chi connectivity index (χ1v) is 6.64. The van der Waals surface area contributed by atoms with Crippen molar-refractivity contribution in [1.82, 2.24) is 0 Å². The van der Waals surface area contributed by atoms with E-state index in [1.165, 1.54) is 13.2 Å². The van der Waals surface area contributed by atoms with Crippen LogP contribution in [0.25, 0.3) is 0 Å². The van der Waals surface area contributed by atoms with E-state index < -0.39 is 5.38 Å². The maximum atomic E-state index is 13.9. The van der Waals surface area contributed by atoms with Gasteiger partial charge in [-0.1, -0.05) is 29.8 Å². The van der Waals surface area contributed by atoms with Crippen molar-refractivity contribution < 1.29 is 9.13 Å². The number of hydrogen-bond acceptors (Lipinski definition) is 1. The van der Waals surface area contributed by atoms with Crippen LogP contribution < -0.4 is 4.74 Å². The van der Waals surface area contributed by atoms with E-state index in [2.05, 4.69) is 0 Å². The predicted molar refractivity (Wildman–Crippen MR) is 76.7 cm³/mol. The van der Waals surface area contributed by atoms with Crippen LogP contribution in [0.2, 0.25) is 5.02 Å². The van der Waals surface area contributed by atoms with Crippen molar-refractivity contribution in [1.29, 1.82) is 0 Å². The van der Waals surface area contributed by atoms with E-state index >= 15 is 0 Å². The molecule has 0 fully saturated rings. The van der Waals surface area contributed by atoms with Gasteiger partial charge >= 0.3 is 0 Å². The summed E-state index contributed by atoms with van der Waals surface area (Å²) in [4.78, 5) is 0. The van der Waals surface area contributed by atoms with Gasteiger partial charge in [0.25, 0.3) is 0 Å². The summed E-state index contributed by atoms with van der Waals surface area (Å²) in [5.41, 5.74) is 1.34. The highest BCUT2D eigenvalue weighted by atomic mass is 35.5. The second-order valence-electron chi connectivity index (χ2n) is 4.16. The average molecular weight is 299 g/mol. The van der Waals surface area contributed by atoms with E-state index in [0.29, 0.717) is 22.8 Å². The topological polar surface area (TPSA) is 9.23 Å². The molecule has 0 aliphatic heterocycles. The van der Waals surface area contributed by atoms with Gasteiger partial charge in [-0.15, -0.1) is 11.6 Å². The second kappa shape index (κ2) is 6.27. The molecule has 0 N–H and O–H groups in total. The third-order valence-corrected chi connectivity index (χ3v) is 3.46. The summed E-state index contributed by atoms with van der Waals surface area (Å²) >= 11 is 12.2. The van der Waals surface area contributed by atoms with E-state index in [0.717, 1.165) is 5.56 Å². The van der Waals surface area contributed by atoms with Crippen molar-refractivity contribution in [3.05, 3.63) is 64.4 Å². The highest BCUT2D eigenvalue weighted by molar-refractivity contribution is 6.30. The first-order chi connectivity index (χ1) is 9.11. The largest absolute Gasteiger partial charge is 0.496 e. The standard InChI is InChI=1S/C15H13Cl2FO/c1-19-14-7-3-6-13(18)15(14)12(17)9-10-4-2-5-11(16)8-10/h2-8,12H,9H2,1H3. The summed E-state index contributed by atoms with van der Waals surface area (Å²) in [5.74, 6) is 0.100. The predicted octanol–water partition coefficient (Wildman–Crippen LogP) is 5.01. The Balaban J connectivity index is 2.27. The lowest BCUT2D eigenvalue weighted by Crippen LogP contribution is -2.02. The Labute approximate surface area is 121 Å². The highest BCUT2D eigenvalue weighted by Crippen LogP contribution is 2.34. The van der Waals surface area contributed by atoms with Crippen molar-refractivity contribution in [3.8, 4) is 5.75 Å². The number of rotatable bonds is 4. The van der Waals surface area contributed by atoms with Gasteiger partial charge < -0.3 is 4.74 Å². The summed E-state index contributed by atoms with van der Waals surface area (Å²) in [6.45, 7) is 0. The number of methoxy groups -OCH3 is 1. The Morgan fingerprint density at radius 3 is 2.63 bits per heavy atom. The van der Waals surface area contributed by atoms with Crippen molar-refractivity contribution in [2.75, 3.05) is 7.11 Å². The quantitative estimate of drug-likeness (QED) is 0.721. The number of alkyl halides is 1. The fraction of sp³-hybridized carbons (Fsp3) is 0.200. The first-order valence-electron chi connectivity index (χ1n) is 5.82. The van der Waals surface area contributed by atoms with Gasteiger partial charge in [0.15, 0.2) is 0 Å². The van der Waals surface area contributed by atoms with Gasteiger partial charge in [0.05, 0.1) is 12.5 Å². The minimum absolute atomic E-state index is 0.360. The molecule has 0 heterocycles. The lowest BCUT2D eigenvalue weighted by molar-refractivity contribution is 0.403. The van der Waals surface area contributed by atoms with E-state index in [4.69, 9.17) is 27.9 Å². The van der Waals surface area contributed by atoms with Gasteiger partial charge in [0.2, 0.25) is 0 Å². The second-order valence-corrected chi connectivity index (χ2v) is 5.12. The average Bonchev–Trinajstić information content (AvgIpc) is 2.38. The highest BCUT2D eigenvalue weighted by Gasteiger charge is 2.18. The molecular weight excluding hydrogens is 286 g/mol. The first kappa shape index (κ1) is 14.2. The van der Waals surface area contributed by atoms with Crippen LogP contribution in [0.1, 0.15) is 16.5 Å². The van der Waals surface area contributed by atoms with Crippen LogP contribution in [0, 0.1) is 5.82 Å². The van der Waals surface area contributed by atoms with Crippen molar-refractivity contribution in [2.45, 2.75) is 11.8 Å². The van der Waals surface area contributed by atoms with Crippen LogP contribution >= 0.6 is 23.2 Å². The molecule has 0 aromatic heterocycles. The Bertz CT molecular complexity index is 572. The molecule has 4 heteroatoms. The van der Waals surface area contributed by atoms with E-state index in [9.17, 15) is 4.39 Å². The van der Waals surface area contributed by atoms with Crippen LogP contribution in [0.4, 0.5) is 4.39 Å². The summed E-state index contributed by atoms with van der Waals surface area (Å²) in [7, 11) is 1.50. The van der Waals surface area contributed by atoms with Crippen LogP contribution in [0.15, 0.2) is 42.5 Å². The number of halogens is 3. The summed E-state index contributed by atoms with van der Waals surface area (Å²) < 4.78 is 19.0. The molecule has 0 saturated heterocycles. The smallest absolute Gasteiger partial charge is 0.131 e. The lowest BCUT2D eigenvalue weighted by atomic mass is 10.0. The number of hydrogen-bond donors (Lipinski definition) is 0. The van der Waals surface area contributed by atoms with E-state index in [1.807, 2.05) is 18.2 Å². The Kier molecular flexibility index (Phi) is 4.67. The molecular formula is C15H13Cl2FO. The molecule has 100 valence electrons. The zero-order chi connectivity index (χ0) is 13.8. The van der Waals surface area contributed by atoms with Crippen LogP contribution in [-0.2, 0) is 6.42 Å². The molecule has 2 aromatic carbocycles. The Hall–Kier alpha value is -1.25. The minimum atomic E-state index is -0.505. The van der Waals surface area contributed by atoms with Crippen LogP contribution in [-0.4, -0.2) is 7.11 Å². The van der Waals surface area contributed by atoms with E-state index in [1.54, 1.807) is 18.2 Å². The van der Waals surface area contributed by atoms with E-state index in [-0.39, 0.29) is 5.82 Å². The molecule has 0 radical (unpaired) electrons. The Morgan fingerprint density at radius 1 is 1.21 bits per heavy atom. The van der Waals surface area contributed by atoms with Gasteiger partial charge in [-0.3, -0.25) is 0 Å². The normalized spacial score (nSPS) is 12.2. The fourth-order valence-corrected chi connectivity index (χ4v) is 2.57. The molecule has 0 spiro atoms. The maximum Gasteiger partial charge on any atom is 0.131 e. The summed E-state index contributed by atoms with van der Waals surface area (Å²) in [5, 5.41) is 0.136. The monoisotopic (exact) mass is 298 g/mol. The van der Waals surface area contributed by atoms with Crippen molar-refractivity contribution in [3.63, 3.8) is 0 Å². The van der Waals surface area contributed by atoms with Crippen molar-refractivity contribution >= 4 is 23.2 Å². The SMILES string of the molecule is COc1cccc(F)c1C(Cl)Cc1cccc(Cl)c1. The van der Waals surface area contributed by atoms with Crippen LogP contribution in [0.3, 0.4) is 0 Å². The summed E-state index contributed by atoms with van der Waals surface area (Å²) in [6.07, 6.45) is 0.486. The molecule has 2 aromatic rings. The Morgan fingerprint density at radius 2 is 1.95 bits per heavy atom. The molecule has 1 atom stereocenters. The van der Waals surface area contributed by atoms with Gasteiger partial charge in [-0.25, -0.2) is 4.39 Å². The van der Waals surface area contributed by atoms with Gasteiger partial charge in [0.1, 0.15) is 11.6 Å². The summed E-state index contributed by atoms with van der Waals surface area (Å²) in [6, 6.07) is 12.0. The van der Waals surface area contributed by atoms with Gasteiger partial charge in [-0.2, -0.15) is 0 Å². The molecule has 1 nitrogen and oxygen atoms in total. The molecule has 19 heavy (non-hydrogen) atoms. The fourth-order valence-electron chi connectivity index (χ4n) is 1.97. The number of ether oxygens (including phenoxy) is 1. The maximum absolute atomic E-state index is 13.9. The minimum Gasteiger partial charge on any atom is -0.496 e. The molecule has 1 unspecified atom stereocenters. The molecule has 0 bridgehead atoms. The third-order valence-electron chi connectivity index (χ3n) is 2.85. The lowest BCUT2D eigenvalue weighted by Gasteiger charge is -2.15. The molecule has 0 aliphatic rings. The van der Waals surface area contributed by atoms with Crippen molar-refractivity contribution in [2.24, 2.45) is 0 Å².